The molecule has 114 valence electrons. The van der Waals surface area contributed by atoms with Crippen molar-refractivity contribution in [1.29, 1.82) is 0 Å². The molecule has 3 atom stereocenters. The number of fused-ring (bicyclic) bond motifs is 1. The van der Waals surface area contributed by atoms with Crippen LogP contribution in [0, 0.1) is 0 Å². The highest BCUT2D eigenvalue weighted by Crippen LogP contribution is 2.28. The van der Waals surface area contributed by atoms with Crippen LogP contribution < -0.4 is 0 Å². The summed E-state index contributed by atoms with van der Waals surface area (Å²) in [5, 5.41) is 0. The van der Waals surface area contributed by atoms with Crippen molar-refractivity contribution >= 4 is 5.78 Å². The second kappa shape index (κ2) is 6.26. The zero-order valence-corrected chi connectivity index (χ0v) is 12.6. The smallest absolute Gasteiger partial charge is 0.159 e. The van der Waals surface area contributed by atoms with Crippen molar-refractivity contribution in [2.75, 3.05) is 13.7 Å². The minimum absolute atomic E-state index is 0.114. The molecule has 4 nitrogen and oxygen atoms in total. The summed E-state index contributed by atoms with van der Waals surface area (Å²) in [6, 6.07) is 5.96. The number of hydrogen-bond donors (Lipinski definition) is 0. The molecule has 1 fully saturated rings. The maximum absolute atomic E-state index is 11.4. The molecule has 1 aliphatic carbocycles. The highest BCUT2D eigenvalue weighted by Gasteiger charge is 2.28. The van der Waals surface area contributed by atoms with Crippen molar-refractivity contribution in [3.8, 4) is 0 Å². The zero-order valence-electron chi connectivity index (χ0n) is 12.6. The van der Waals surface area contributed by atoms with Gasteiger partial charge in [-0.1, -0.05) is 12.1 Å². The lowest BCUT2D eigenvalue weighted by Gasteiger charge is -2.29. The Kier molecular flexibility index (Phi) is 4.38. The van der Waals surface area contributed by atoms with Crippen molar-refractivity contribution < 1.29 is 19.0 Å². The maximum atomic E-state index is 11.4. The highest BCUT2D eigenvalue weighted by atomic mass is 16.7. The Labute approximate surface area is 125 Å². The Morgan fingerprint density at radius 1 is 1.19 bits per heavy atom. The summed E-state index contributed by atoms with van der Waals surface area (Å²) >= 11 is 0. The fourth-order valence-electron chi connectivity index (χ4n) is 3.10. The molecule has 1 aromatic rings. The summed E-state index contributed by atoms with van der Waals surface area (Å²) in [6.45, 7) is 2.21. The fraction of sp³-hybridized carbons (Fsp3) is 0.588. The monoisotopic (exact) mass is 290 g/mol. The van der Waals surface area contributed by atoms with E-state index in [-0.39, 0.29) is 24.3 Å². The van der Waals surface area contributed by atoms with E-state index in [2.05, 4.69) is 6.07 Å². The highest BCUT2D eigenvalue weighted by molar-refractivity contribution is 5.94. The first-order valence-corrected chi connectivity index (χ1v) is 7.58. The van der Waals surface area contributed by atoms with Gasteiger partial charge in [0.2, 0.25) is 0 Å². The second-order valence-corrected chi connectivity index (χ2v) is 5.90. The molecule has 3 rings (SSSR count). The van der Waals surface area contributed by atoms with Gasteiger partial charge in [-0.2, -0.15) is 0 Å². The molecule has 0 spiro atoms. The molecule has 1 heterocycles. The van der Waals surface area contributed by atoms with E-state index in [0.717, 1.165) is 31.2 Å². The summed E-state index contributed by atoms with van der Waals surface area (Å²) in [5.74, 6) is 0.114. The number of ether oxygens (including phenoxy) is 3. The van der Waals surface area contributed by atoms with Crippen LogP contribution in [0.25, 0.3) is 0 Å². The van der Waals surface area contributed by atoms with Gasteiger partial charge in [-0.15, -0.1) is 0 Å². The van der Waals surface area contributed by atoms with Gasteiger partial charge in [-0.05, 0) is 43.4 Å². The first-order chi connectivity index (χ1) is 10.2. The number of rotatable bonds is 4. The van der Waals surface area contributed by atoms with E-state index in [1.807, 2.05) is 12.1 Å². The lowest BCUT2D eigenvalue weighted by atomic mass is 10.0. The minimum atomic E-state index is -0.122. The standard InChI is InChI=1S/C17H22O4/c1-11(18)12-3-4-13-8-16(9-14(13)7-12)21-17-6-5-15(19-2)10-20-17/h3-4,7,15-17H,5-6,8-10H2,1-2H3. The first-order valence-electron chi connectivity index (χ1n) is 7.58. The van der Waals surface area contributed by atoms with E-state index in [1.54, 1.807) is 14.0 Å². The lowest BCUT2D eigenvalue weighted by molar-refractivity contribution is -0.208. The molecule has 0 amide bonds. The molecule has 2 aliphatic rings. The van der Waals surface area contributed by atoms with Gasteiger partial charge in [0.25, 0.3) is 0 Å². The summed E-state index contributed by atoms with van der Waals surface area (Å²) in [4.78, 5) is 11.4. The Hall–Kier alpha value is -1.23. The van der Waals surface area contributed by atoms with E-state index < -0.39 is 0 Å². The third kappa shape index (κ3) is 3.34. The fourth-order valence-corrected chi connectivity index (χ4v) is 3.10. The molecule has 0 saturated carbocycles. The van der Waals surface area contributed by atoms with Gasteiger partial charge in [0.1, 0.15) is 0 Å². The number of ketones is 1. The third-order valence-corrected chi connectivity index (χ3v) is 4.38. The van der Waals surface area contributed by atoms with Crippen LogP contribution in [0.3, 0.4) is 0 Å². The average molecular weight is 290 g/mol. The van der Waals surface area contributed by atoms with Crippen LogP contribution in [0.1, 0.15) is 41.3 Å². The Balaban J connectivity index is 1.57. The van der Waals surface area contributed by atoms with Gasteiger partial charge in [0.05, 0.1) is 18.8 Å². The van der Waals surface area contributed by atoms with Crippen molar-refractivity contribution in [2.24, 2.45) is 0 Å². The second-order valence-electron chi connectivity index (χ2n) is 5.90. The molecule has 1 aromatic carbocycles. The quantitative estimate of drug-likeness (QED) is 0.799. The van der Waals surface area contributed by atoms with Gasteiger partial charge in [-0.25, -0.2) is 0 Å². The molecule has 0 aromatic heterocycles. The average Bonchev–Trinajstić information content (AvgIpc) is 2.89. The molecular formula is C17H22O4. The van der Waals surface area contributed by atoms with Crippen LogP contribution in [-0.2, 0) is 27.1 Å². The zero-order chi connectivity index (χ0) is 14.8. The number of methoxy groups -OCH3 is 1. The molecule has 4 heteroatoms. The van der Waals surface area contributed by atoms with Crippen LogP contribution >= 0.6 is 0 Å². The van der Waals surface area contributed by atoms with Gasteiger partial charge < -0.3 is 14.2 Å². The van der Waals surface area contributed by atoms with Crippen LogP contribution in [0.5, 0.6) is 0 Å². The van der Waals surface area contributed by atoms with E-state index in [1.165, 1.54) is 11.1 Å². The molecule has 1 aliphatic heterocycles. The summed E-state index contributed by atoms with van der Waals surface area (Å²) in [7, 11) is 1.72. The SMILES string of the molecule is COC1CCC(OC2Cc3ccc(C(C)=O)cc3C2)OC1. The summed E-state index contributed by atoms with van der Waals surface area (Å²) < 4.78 is 17.1. The predicted octanol–water partition coefficient (Wildman–Crippen LogP) is 2.52. The van der Waals surface area contributed by atoms with Crippen LogP contribution in [0.2, 0.25) is 0 Å². The van der Waals surface area contributed by atoms with Crippen molar-refractivity contribution in [2.45, 2.75) is 51.1 Å². The van der Waals surface area contributed by atoms with E-state index in [4.69, 9.17) is 14.2 Å². The van der Waals surface area contributed by atoms with Gasteiger partial charge >= 0.3 is 0 Å². The van der Waals surface area contributed by atoms with Crippen molar-refractivity contribution in [3.05, 3.63) is 34.9 Å². The molecule has 0 N–H and O–H groups in total. The number of benzene rings is 1. The molecular weight excluding hydrogens is 268 g/mol. The summed E-state index contributed by atoms with van der Waals surface area (Å²) in [5.41, 5.74) is 3.31. The molecule has 0 radical (unpaired) electrons. The van der Waals surface area contributed by atoms with Crippen LogP contribution in [0.4, 0.5) is 0 Å². The third-order valence-electron chi connectivity index (χ3n) is 4.38. The van der Waals surface area contributed by atoms with E-state index >= 15 is 0 Å². The van der Waals surface area contributed by atoms with Crippen molar-refractivity contribution in [1.82, 2.24) is 0 Å². The molecule has 0 bridgehead atoms. The largest absolute Gasteiger partial charge is 0.379 e. The van der Waals surface area contributed by atoms with Crippen LogP contribution in [0.15, 0.2) is 18.2 Å². The van der Waals surface area contributed by atoms with E-state index in [0.29, 0.717) is 6.61 Å². The minimum Gasteiger partial charge on any atom is -0.379 e. The van der Waals surface area contributed by atoms with Crippen molar-refractivity contribution in [3.63, 3.8) is 0 Å². The Morgan fingerprint density at radius 2 is 2.00 bits per heavy atom. The van der Waals surface area contributed by atoms with Crippen LogP contribution in [-0.4, -0.2) is 38.0 Å². The number of Topliss-reactive ketones (excluding diaryl/α,β-unsaturated/α-hetero) is 1. The van der Waals surface area contributed by atoms with Gasteiger partial charge in [-0.3, -0.25) is 4.79 Å². The number of hydrogen-bond acceptors (Lipinski definition) is 4. The molecule has 21 heavy (non-hydrogen) atoms. The summed E-state index contributed by atoms with van der Waals surface area (Å²) in [6.07, 6.45) is 3.86. The topological polar surface area (TPSA) is 44.8 Å². The molecule has 1 saturated heterocycles. The predicted molar refractivity (Wildman–Crippen MR) is 78.5 cm³/mol. The van der Waals surface area contributed by atoms with Gasteiger partial charge in [0.15, 0.2) is 12.1 Å². The molecule has 3 unspecified atom stereocenters. The lowest BCUT2D eigenvalue weighted by Crippen LogP contribution is -2.34. The first kappa shape index (κ1) is 14.7. The number of carbonyl (C=O) groups excluding carboxylic acids is 1. The Bertz CT molecular complexity index is 518. The van der Waals surface area contributed by atoms with E-state index in [9.17, 15) is 4.79 Å². The Morgan fingerprint density at radius 3 is 2.67 bits per heavy atom. The number of carbonyl (C=O) groups is 1. The maximum Gasteiger partial charge on any atom is 0.159 e. The normalized spacial score (nSPS) is 28.4. The van der Waals surface area contributed by atoms with Gasteiger partial charge in [0, 0.05) is 19.1 Å².